The predicted molar refractivity (Wildman–Crippen MR) is 141 cm³/mol. The summed E-state index contributed by atoms with van der Waals surface area (Å²) in [5, 5.41) is 0. The second-order valence-electron chi connectivity index (χ2n) is 9.18. The average molecular weight is 490 g/mol. The minimum absolute atomic E-state index is 0.185. The molecule has 0 amide bonds. The minimum atomic E-state index is -4.25. The number of rotatable bonds is 18. The van der Waals surface area contributed by atoms with Crippen molar-refractivity contribution < 1.29 is 17.5 Å². The topological polar surface area (TPSA) is 61.1 Å². The van der Waals surface area contributed by atoms with Crippen molar-refractivity contribution in [1.82, 2.24) is 0 Å². The van der Waals surface area contributed by atoms with Gasteiger partial charge in [-0.2, -0.15) is 0 Å². The second kappa shape index (κ2) is 20.6. The van der Waals surface area contributed by atoms with Crippen LogP contribution in [0.2, 0.25) is 0 Å². The largest absolute Gasteiger partial charge is 0.744 e. The highest BCUT2D eigenvalue weighted by Crippen LogP contribution is 2.13. The first-order chi connectivity index (χ1) is 16.5. The lowest BCUT2D eigenvalue weighted by molar-refractivity contribution is -0.697. The molecular weight excluding hydrogens is 442 g/mol. The first kappa shape index (κ1) is 30.3. The van der Waals surface area contributed by atoms with E-state index in [0.717, 1.165) is 0 Å². The predicted octanol–water partition coefficient (Wildman–Crippen LogP) is 7.83. The third kappa shape index (κ3) is 17.7. The highest BCUT2D eigenvalue weighted by atomic mass is 32.2. The van der Waals surface area contributed by atoms with Crippen molar-refractivity contribution in [3.05, 3.63) is 60.9 Å². The van der Waals surface area contributed by atoms with Gasteiger partial charge < -0.3 is 4.55 Å². The zero-order valence-corrected chi connectivity index (χ0v) is 22.2. The molecule has 0 saturated carbocycles. The Morgan fingerprint density at radius 3 is 1.35 bits per heavy atom. The zero-order chi connectivity index (χ0) is 24.7. The first-order valence-corrected chi connectivity index (χ1v) is 14.9. The summed E-state index contributed by atoms with van der Waals surface area (Å²) in [5.41, 5.74) is 0. The van der Waals surface area contributed by atoms with E-state index in [1.807, 2.05) is 0 Å². The van der Waals surface area contributed by atoms with E-state index >= 15 is 0 Å². The van der Waals surface area contributed by atoms with Crippen LogP contribution in [0, 0.1) is 0 Å². The van der Waals surface area contributed by atoms with E-state index in [9.17, 15) is 13.0 Å². The minimum Gasteiger partial charge on any atom is -0.744 e. The zero-order valence-electron chi connectivity index (χ0n) is 21.4. The summed E-state index contributed by atoms with van der Waals surface area (Å²) in [4.78, 5) is -0.185. The molecular formula is C29H47NO3S. The molecule has 192 valence electrons. The fraction of sp³-hybridized carbons (Fsp3) is 0.621. The van der Waals surface area contributed by atoms with Gasteiger partial charge in [-0.15, -0.1) is 0 Å². The Kier molecular flexibility index (Phi) is 18.4. The van der Waals surface area contributed by atoms with Gasteiger partial charge in [0.25, 0.3) is 0 Å². The van der Waals surface area contributed by atoms with E-state index in [2.05, 4.69) is 42.1 Å². The summed E-state index contributed by atoms with van der Waals surface area (Å²) >= 11 is 0. The molecule has 0 saturated heterocycles. The molecule has 0 unspecified atom stereocenters. The van der Waals surface area contributed by atoms with Crippen LogP contribution in [-0.4, -0.2) is 13.0 Å². The SMILES string of the molecule is CCCCCCCCCCCCCCCCCC[n+]1ccccc1.O=S(=O)([O-])c1ccccc1. The molecule has 1 aromatic carbocycles. The molecule has 1 heterocycles. The van der Waals surface area contributed by atoms with E-state index in [-0.39, 0.29) is 4.90 Å². The second-order valence-corrected chi connectivity index (χ2v) is 10.6. The summed E-state index contributed by atoms with van der Waals surface area (Å²) in [6, 6.07) is 13.5. The fourth-order valence-electron chi connectivity index (χ4n) is 4.01. The fourth-order valence-corrected chi connectivity index (χ4v) is 4.50. The van der Waals surface area contributed by atoms with E-state index < -0.39 is 10.1 Å². The Labute approximate surface area is 209 Å². The maximum absolute atomic E-state index is 10.3. The Morgan fingerprint density at radius 1 is 0.588 bits per heavy atom. The standard InChI is InChI=1S/C23H42N.C6H6O3S/c1-2-3-4-5-6-7-8-9-10-11-12-13-14-15-16-18-21-24-22-19-17-20-23-24;7-10(8,9)6-4-2-1-3-5-6/h17,19-20,22-23H,2-16,18,21H2,1H3;1-5H,(H,7,8,9)/q+1;/p-1. The van der Waals surface area contributed by atoms with Gasteiger partial charge in [0.1, 0.15) is 16.7 Å². The van der Waals surface area contributed by atoms with Crippen molar-refractivity contribution in [2.75, 3.05) is 0 Å². The van der Waals surface area contributed by atoms with Crippen LogP contribution < -0.4 is 4.57 Å². The van der Waals surface area contributed by atoms with Crippen LogP contribution in [0.25, 0.3) is 0 Å². The smallest absolute Gasteiger partial charge is 0.168 e. The van der Waals surface area contributed by atoms with Crippen LogP contribution in [-0.2, 0) is 16.7 Å². The van der Waals surface area contributed by atoms with Crippen LogP contribution in [0.4, 0.5) is 0 Å². The van der Waals surface area contributed by atoms with E-state index in [1.165, 1.54) is 134 Å². The van der Waals surface area contributed by atoms with E-state index in [0.29, 0.717) is 0 Å². The maximum Gasteiger partial charge on any atom is 0.168 e. The third-order valence-electron chi connectivity index (χ3n) is 6.08. The monoisotopic (exact) mass is 489 g/mol. The molecule has 0 aliphatic carbocycles. The van der Waals surface area contributed by atoms with Crippen molar-refractivity contribution in [3.63, 3.8) is 0 Å². The van der Waals surface area contributed by atoms with Crippen molar-refractivity contribution in [2.24, 2.45) is 0 Å². The van der Waals surface area contributed by atoms with Gasteiger partial charge in [-0.05, 0) is 18.6 Å². The first-order valence-electron chi connectivity index (χ1n) is 13.5. The molecule has 0 bridgehead atoms. The number of benzene rings is 1. The number of unbranched alkanes of at least 4 members (excludes halogenated alkanes) is 15. The Balaban J connectivity index is 0.000000479. The highest BCUT2D eigenvalue weighted by molar-refractivity contribution is 7.85. The molecule has 0 N–H and O–H groups in total. The van der Waals surface area contributed by atoms with Crippen molar-refractivity contribution in [3.8, 4) is 0 Å². The summed E-state index contributed by atoms with van der Waals surface area (Å²) in [6.07, 6.45) is 27.4. The van der Waals surface area contributed by atoms with Crippen LogP contribution in [0.15, 0.2) is 65.8 Å². The summed E-state index contributed by atoms with van der Waals surface area (Å²) in [5.74, 6) is 0. The highest BCUT2D eigenvalue weighted by Gasteiger charge is 1.98. The molecule has 0 aliphatic heterocycles. The normalized spacial score (nSPS) is 11.1. The number of hydrogen-bond donors (Lipinski definition) is 0. The maximum atomic E-state index is 10.3. The summed E-state index contributed by atoms with van der Waals surface area (Å²) in [7, 11) is -4.25. The molecule has 1 aromatic heterocycles. The van der Waals surface area contributed by atoms with E-state index in [1.54, 1.807) is 6.07 Å². The lowest BCUT2D eigenvalue weighted by Crippen LogP contribution is -2.32. The van der Waals surface area contributed by atoms with Gasteiger partial charge >= 0.3 is 0 Å². The van der Waals surface area contributed by atoms with Gasteiger partial charge in [-0.1, -0.05) is 121 Å². The lowest BCUT2D eigenvalue weighted by Gasteiger charge is -2.04. The van der Waals surface area contributed by atoms with Crippen molar-refractivity contribution in [2.45, 2.75) is 121 Å². The molecule has 0 atom stereocenters. The molecule has 2 rings (SSSR count). The van der Waals surface area contributed by atoms with Crippen LogP contribution >= 0.6 is 0 Å². The van der Waals surface area contributed by atoms with Crippen molar-refractivity contribution >= 4 is 10.1 Å². The van der Waals surface area contributed by atoms with Gasteiger partial charge in [0.05, 0.1) is 4.90 Å². The number of hydrogen-bond acceptors (Lipinski definition) is 3. The van der Waals surface area contributed by atoms with Gasteiger partial charge in [0.15, 0.2) is 12.4 Å². The molecule has 0 radical (unpaired) electrons. The quantitative estimate of drug-likeness (QED) is 0.122. The third-order valence-corrected chi connectivity index (χ3v) is 6.93. The molecule has 0 aliphatic rings. The number of pyridine rings is 1. The molecule has 0 spiro atoms. The molecule has 5 heteroatoms. The van der Waals surface area contributed by atoms with Crippen LogP contribution in [0.1, 0.15) is 110 Å². The number of aryl methyl sites for hydroxylation is 1. The Morgan fingerprint density at radius 2 is 0.971 bits per heavy atom. The van der Waals surface area contributed by atoms with Gasteiger partial charge in [-0.25, -0.2) is 13.0 Å². The summed E-state index contributed by atoms with van der Waals surface area (Å²) < 4.78 is 33.1. The molecule has 4 nitrogen and oxygen atoms in total. The van der Waals surface area contributed by atoms with Gasteiger partial charge in [-0.3, -0.25) is 0 Å². The lowest BCUT2D eigenvalue weighted by atomic mass is 10.0. The Bertz CT molecular complexity index is 795. The van der Waals surface area contributed by atoms with Gasteiger partial charge in [0.2, 0.25) is 0 Å². The Hall–Kier alpha value is -1.72. The molecule has 34 heavy (non-hydrogen) atoms. The van der Waals surface area contributed by atoms with Gasteiger partial charge in [0, 0.05) is 18.6 Å². The van der Waals surface area contributed by atoms with Crippen LogP contribution in [0.5, 0.6) is 0 Å². The summed E-state index contributed by atoms with van der Waals surface area (Å²) in [6.45, 7) is 3.48. The van der Waals surface area contributed by atoms with E-state index in [4.69, 9.17) is 0 Å². The van der Waals surface area contributed by atoms with Crippen LogP contribution in [0.3, 0.4) is 0 Å². The van der Waals surface area contributed by atoms with Crippen molar-refractivity contribution in [1.29, 1.82) is 0 Å². The molecule has 2 aromatic rings. The average Bonchev–Trinajstić information content (AvgIpc) is 2.85. The molecule has 0 fully saturated rings. The number of aromatic nitrogens is 1. The number of nitrogens with zero attached hydrogens (tertiary/aromatic N) is 1.